The molecule has 10 heteroatoms. The van der Waals surface area contributed by atoms with Crippen molar-refractivity contribution in [3.05, 3.63) is 95.5 Å². The molecular weight excluding hydrogens is 424 g/mol. The third kappa shape index (κ3) is 4.38. The fourth-order valence-electron chi connectivity index (χ4n) is 2.91. The number of benzene rings is 2. The summed E-state index contributed by atoms with van der Waals surface area (Å²) in [7, 11) is -3.83. The van der Waals surface area contributed by atoms with E-state index in [2.05, 4.69) is 20.5 Å². The van der Waals surface area contributed by atoms with Gasteiger partial charge >= 0.3 is 0 Å². The maximum atomic E-state index is 13.5. The van der Waals surface area contributed by atoms with E-state index in [1.54, 1.807) is 42.6 Å². The minimum absolute atomic E-state index is 0.114. The molecule has 0 amide bonds. The van der Waals surface area contributed by atoms with Gasteiger partial charge in [-0.25, -0.2) is 13.1 Å². The molecule has 30 heavy (non-hydrogen) atoms. The van der Waals surface area contributed by atoms with Crippen molar-refractivity contribution in [3.63, 3.8) is 0 Å². The Labute approximate surface area is 178 Å². The predicted molar refractivity (Wildman–Crippen MR) is 111 cm³/mol. The van der Waals surface area contributed by atoms with Gasteiger partial charge < -0.3 is 0 Å². The van der Waals surface area contributed by atoms with Crippen molar-refractivity contribution >= 4 is 21.6 Å². The second kappa shape index (κ2) is 8.70. The molecule has 0 bridgehead atoms. The number of hydrogen-bond donors (Lipinski definition) is 0. The van der Waals surface area contributed by atoms with Crippen LogP contribution < -0.4 is 0 Å². The van der Waals surface area contributed by atoms with Crippen LogP contribution in [0.4, 0.5) is 0 Å². The maximum Gasteiger partial charge on any atom is 0.243 e. The van der Waals surface area contributed by atoms with Gasteiger partial charge in [0.1, 0.15) is 6.33 Å². The van der Waals surface area contributed by atoms with Gasteiger partial charge in [0.15, 0.2) is 0 Å². The highest BCUT2D eigenvalue weighted by Crippen LogP contribution is 2.24. The fraction of sp³-hybridized carbons (Fsp3) is 0.100. The Bertz CT molecular complexity index is 1220. The number of rotatable bonds is 7. The number of halogens is 1. The van der Waals surface area contributed by atoms with Gasteiger partial charge in [-0.15, -0.1) is 5.10 Å². The smallest absolute Gasteiger partial charge is 0.243 e. The van der Waals surface area contributed by atoms with Gasteiger partial charge in [-0.3, -0.25) is 4.98 Å². The zero-order valence-corrected chi connectivity index (χ0v) is 17.3. The summed E-state index contributed by atoms with van der Waals surface area (Å²) in [6.45, 7) is 0.233. The van der Waals surface area contributed by atoms with Gasteiger partial charge in [0.05, 0.1) is 22.8 Å². The van der Waals surface area contributed by atoms with E-state index in [1.807, 2.05) is 18.2 Å². The summed E-state index contributed by atoms with van der Waals surface area (Å²) in [5.74, 6) is 0. The Kier molecular flexibility index (Phi) is 5.84. The Morgan fingerprint density at radius 1 is 0.933 bits per heavy atom. The average molecular weight is 441 g/mol. The third-order valence-electron chi connectivity index (χ3n) is 4.46. The lowest BCUT2D eigenvalue weighted by atomic mass is 10.2. The molecule has 0 aliphatic carbocycles. The molecule has 152 valence electrons. The summed E-state index contributed by atoms with van der Waals surface area (Å²) in [4.78, 5) is 4.43. The van der Waals surface area contributed by atoms with Crippen molar-refractivity contribution in [1.82, 2.24) is 29.5 Å². The van der Waals surface area contributed by atoms with Crippen LogP contribution in [0.1, 0.15) is 11.3 Å². The predicted octanol–water partition coefficient (Wildman–Crippen LogP) is 3.10. The van der Waals surface area contributed by atoms with Crippen LogP contribution in [0.25, 0.3) is 5.69 Å². The van der Waals surface area contributed by atoms with Gasteiger partial charge in [0.25, 0.3) is 0 Å². The van der Waals surface area contributed by atoms with Gasteiger partial charge in [-0.2, -0.15) is 4.31 Å². The molecule has 0 saturated carbocycles. The van der Waals surface area contributed by atoms with Crippen LogP contribution in [0.5, 0.6) is 0 Å². The molecule has 0 fully saturated rings. The molecule has 2 heterocycles. The van der Waals surface area contributed by atoms with E-state index < -0.39 is 10.0 Å². The lowest BCUT2D eigenvalue weighted by Crippen LogP contribution is -2.30. The van der Waals surface area contributed by atoms with Crippen molar-refractivity contribution in [2.24, 2.45) is 0 Å². The van der Waals surface area contributed by atoms with Crippen LogP contribution in [0.3, 0.4) is 0 Å². The van der Waals surface area contributed by atoms with Crippen molar-refractivity contribution in [2.75, 3.05) is 0 Å². The monoisotopic (exact) mass is 440 g/mol. The van der Waals surface area contributed by atoms with Crippen LogP contribution in [0, 0.1) is 0 Å². The summed E-state index contributed by atoms with van der Waals surface area (Å²) < 4.78 is 29.7. The molecule has 0 aliphatic heterocycles. The van der Waals surface area contributed by atoms with E-state index >= 15 is 0 Å². The number of pyridine rings is 1. The topological polar surface area (TPSA) is 93.9 Å². The highest BCUT2D eigenvalue weighted by atomic mass is 35.5. The standard InChI is InChI=1S/C20H17ClN6O2S/c21-20-7-2-1-5-16(20)13-26(14-17-6-3-4-12-22-17)30(28,29)19-10-8-18(9-11-19)27-15-23-24-25-27/h1-12,15H,13-14H2. The Balaban J connectivity index is 1.68. The van der Waals surface area contributed by atoms with E-state index in [9.17, 15) is 8.42 Å². The second-order valence-electron chi connectivity index (χ2n) is 6.43. The summed E-state index contributed by atoms with van der Waals surface area (Å²) in [5, 5.41) is 11.5. The van der Waals surface area contributed by atoms with Gasteiger partial charge in [-0.05, 0) is 58.5 Å². The minimum atomic E-state index is -3.83. The van der Waals surface area contributed by atoms with Gasteiger partial charge in [0, 0.05) is 17.8 Å². The largest absolute Gasteiger partial charge is 0.260 e. The Morgan fingerprint density at radius 2 is 1.70 bits per heavy atom. The quantitative estimate of drug-likeness (QED) is 0.438. The van der Waals surface area contributed by atoms with Crippen molar-refractivity contribution in [2.45, 2.75) is 18.0 Å². The van der Waals surface area contributed by atoms with E-state index in [-0.39, 0.29) is 18.0 Å². The highest BCUT2D eigenvalue weighted by molar-refractivity contribution is 7.89. The molecule has 4 aromatic rings. The van der Waals surface area contributed by atoms with Crippen molar-refractivity contribution in [1.29, 1.82) is 0 Å². The van der Waals surface area contributed by atoms with Crippen molar-refractivity contribution in [3.8, 4) is 5.69 Å². The minimum Gasteiger partial charge on any atom is -0.260 e. The zero-order chi connectivity index (χ0) is 21.0. The highest BCUT2D eigenvalue weighted by Gasteiger charge is 2.26. The number of aromatic nitrogens is 5. The van der Waals surface area contributed by atoms with Crippen LogP contribution in [-0.2, 0) is 23.1 Å². The molecule has 4 rings (SSSR count). The lowest BCUT2D eigenvalue weighted by Gasteiger charge is -2.22. The first-order valence-electron chi connectivity index (χ1n) is 9.01. The Morgan fingerprint density at radius 3 is 2.37 bits per heavy atom. The van der Waals surface area contributed by atoms with E-state index in [0.717, 1.165) is 0 Å². The van der Waals surface area contributed by atoms with E-state index in [1.165, 1.54) is 27.4 Å². The van der Waals surface area contributed by atoms with E-state index in [4.69, 9.17) is 11.6 Å². The first-order valence-corrected chi connectivity index (χ1v) is 10.8. The maximum absolute atomic E-state index is 13.5. The molecular formula is C20H17ClN6O2S. The summed E-state index contributed by atoms with van der Waals surface area (Å²) in [5.41, 5.74) is 2.00. The zero-order valence-electron chi connectivity index (χ0n) is 15.7. The van der Waals surface area contributed by atoms with Crippen LogP contribution in [0.2, 0.25) is 5.02 Å². The molecule has 0 radical (unpaired) electrons. The molecule has 0 unspecified atom stereocenters. The van der Waals surface area contributed by atoms with E-state index in [0.29, 0.717) is 22.0 Å². The normalized spacial score (nSPS) is 11.7. The molecule has 0 atom stereocenters. The summed E-state index contributed by atoms with van der Waals surface area (Å²) in [6, 6.07) is 18.9. The van der Waals surface area contributed by atoms with Crippen LogP contribution in [-0.4, -0.2) is 37.9 Å². The summed E-state index contributed by atoms with van der Waals surface area (Å²) >= 11 is 6.29. The number of tetrazole rings is 1. The lowest BCUT2D eigenvalue weighted by molar-refractivity contribution is 0.397. The molecule has 0 aliphatic rings. The summed E-state index contributed by atoms with van der Waals surface area (Å²) in [6.07, 6.45) is 3.07. The van der Waals surface area contributed by atoms with Crippen molar-refractivity contribution < 1.29 is 8.42 Å². The fourth-order valence-corrected chi connectivity index (χ4v) is 4.50. The molecule has 0 N–H and O–H groups in total. The average Bonchev–Trinajstić information content (AvgIpc) is 3.30. The Hall–Kier alpha value is -3.14. The first-order chi connectivity index (χ1) is 14.5. The first kappa shape index (κ1) is 20.1. The number of sulfonamides is 1. The SMILES string of the molecule is O=S(=O)(c1ccc(-n2cnnn2)cc1)N(Cc1ccccn1)Cc1ccccc1Cl. The molecule has 8 nitrogen and oxygen atoms in total. The number of nitrogens with zero attached hydrogens (tertiary/aromatic N) is 6. The van der Waals surface area contributed by atoms with Crippen LogP contribution >= 0.6 is 11.6 Å². The number of hydrogen-bond acceptors (Lipinski definition) is 6. The molecule has 2 aromatic carbocycles. The molecule has 2 aromatic heterocycles. The van der Waals surface area contributed by atoms with Crippen LogP contribution in [0.15, 0.2) is 84.1 Å². The molecule has 0 saturated heterocycles. The second-order valence-corrected chi connectivity index (χ2v) is 8.78. The van der Waals surface area contributed by atoms with Gasteiger partial charge in [0.2, 0.25) is 10.0 Å². The molecule has 0 spiro atoms. The van der Waals surface area contributed by atoms with Gasteiger partial charge in [-0.1, -0.05) is 35.9 Å². The third-order valence-corrected chi connectivity index (χ3v) is 6.63.